The second-order valence-corrected chi connectivity index (χ2v) is 4.00. The molecule has 0 aromatic rings. The Bertz CT molecular complexity index is 388. The lowest BCUT2D eigenvalue weighted by molar-refractivity contribution is -0.150. The minimum Gasteiger partial charge on any atom is -0.516 e. The highest BCUT2D eigenvalue weighted by molar-refractivity contribution is 6.36. The van der Waals surface area contributed by atoms with E-state index in [0.717, 1.165) is 6.61 Å². The second-order valence-electron chi connectivity index (χ2n) is 3.67. The Hall–Kier alpha value is -1.89. The predicted octanol–water partition coefficient (Wildman–Crippen LogP) is -0.655. The van der Waals surface area contributed by atoms with Crippen LogP contribution in [0.15, 0.2) is 0 Å². The first-order valence-electron chi connectivity index (χ1n) is 5.82. The minimum absolute atomic E-state index is 0.428. The molecule has 2 radical (unpaired) electrons. The van der Waals surface area contributed by atoms with Crippen molar-refractivity contribution in [2.45, 2.75) is 33.6 Å². The maximum atomic E-state index is 10.1. The molecule has 0 aliphatic rings. The van der Waals surface area contributed by atoms with Gasteiger partial charge < -0.3 is 14.0 Å². The minimum atomic E-state index is -1.55. The molecule has 22 heavy (non-hydrogen) atoms. The van der Waals surface area contributed by atoms with Crippen molar-refractivity contribution in [2.24, 2.45) is 0 Å². The molecule has 0 amide bonds. The maximum Gasteiger partial charge on any atom is 0.372 e. The molecule has 0 bridgehead atoms. The van der Waals surface area contributed by atoms with E-state index in [9.17, 15) is 28.8 Å². The molecule has 0 aliphatic heterocycles. The third kappa shape index (κ3) is 23.2. The van der Waals surface area contributed by atoms with Crippen LogP contribution in [0, 0.1) is 0 Å². The topological polar surface area (TPSA) is 152 Å². The van der Waals surface area contributed by atoms with Crippen molar-refractivity contribution in [3.63, 3.8) is 0 Å². The number of aliphatic carboxylic acids is 2. The SMILES string of the molecule is CC(=O)CC(=O)C(=O)O.CC(=O)CC(=O)C(=O)O.CC[O][Al]. The Morgan fingerprint density at radius 2 is 1.05 bits per heavy atom. The van der Waals surface area contributed by atoms with Gasteiger partial charge in [0.2, 0.25) is 11.6 Å². The van der Waals surface area contributed by atoms with E-state index in [-0.39, 0.29) is 0 Å². The number of rotatable bonds is 7. The first-order chi connectivity index (χ1) is 9.99. The molecule has 0 aromatic carbocycles. The summed E-state index contributed by atoms with van der Waals surface area (Å²) in [6, 6.07) is 0. The van der Waals surface area contributed by atoms with Gasteiger partial charge in [0.1, 0.15) is 11.6 Å². The highest BCUT2D eigenvalue weighted by atomic mass is 27.1. The van der Waals surface area contributed by atoms with Crippen molar-refractivity contribution >= 4 is 51.7 Å². The zero-order valence-electron chi connectivity index (χ0n) is 12.5. The summed E-state index contributed by atoms with van der Waals surface area (Å²) in [6.45, 7) is 5.05. The molecular weight excluding hydrogens is 315 g/mol. The van der Waals surface area contributed by atoms with Crippen LogP contribution in [0.1, 0.15) is 33.6 Å². The fourth-order valence-electron chi connectivity index (χ4n) is 0.603. The van der Waals surface area contributed by atoms with Crippen molar-refractivity contribution in [1.29, 1.82) is 0 Å². The summed E-state index contributed by atoms with van der Waals surface area (Å²) in [5.74, 6) is -6.06. The van der Waals surface area contributed by atoms with Crippen LogP contribution in [0.4, 0.5) is 0 Å². The van der Waals surface area contributed by atoms with Crippen LogP contribution in [0.25, 0.3) is 0 Å². The van der Waals surface area contributed by atoms with Crippen LogP contribution in [0.3, 0.4) is 0 Å². The number of ketones is 4. The summed E-state index contributed by atoms with van der Waals surface area (Å²) in [5, 5.41) is 15.9. The molecular formula is C12H17AlO9. The average Bonchev–Trinajstić information content (AvgIpc) is 2.38. The number of carboxylic acids is 2. The summed E-state index contributed by atoms with van der Waals surface area (Å²) >= 11 is 2.16. The molecule has 2 N–H and O–H groups in total. The molecule has 0 spiro atoms. The summed E-state index contributed by atoms with van der Waals surface area (Å²) in [5.41, 5.74) is 0. The van der Waals surface area contributed by atoms with Crippen molar-refractivity contribution in [1.82, 2.24) is 0 Å². The number of hydrogen-bond acceptors (Lipinski definition) is 7. The van der Waals surface area contributed by atoms with Crippen LogP contribution in [0.5, 0.6) is 0 Å². The highest BCUT2D eigenvalue weighted by Crippen LogP contribution is 1.84. The van der Waals surface area contributed by atoms with E-state index in [0.29, 0.717) is 0 Å². The first kappa shape index (κ1) is 25.1. The number of carbonyl (C=O) groups is 6. The summed E-state index contributed by atoms with van der Waals surface area (Å²) in [6.07, 6.45) is -1.01. The molecule has 9 nitrogen and oxygen atoms in total. The van der Waals surface area contributed by atoms with Gasteiger partial charge >= 0.3 is 28.6 Å². The Kier molecular flexibility index (Phi) is 17.7. The first-order valence-corrected chi connectivity index (χ1v) is 6.29. The second kappa shape index (κ2) is 15.5. The molecule has 0 heterocycles. The molecule has 0 atom stereocenters. The van der Waals surface area contributed by atoms with Gasteiger partial charge in [-0.2, -0.15) is 0 Å². The van der Waals surface area contributed by atoms with E-state index >= 15 is 0 Å². The van der Waals surface area contributed by atoms with E-state index < -0.39 is 47.9 Å². The normalized spacial score (nSPS) is 8.32. The van der Waals surface area contributed by atoms with Gasteiger partial charge in [0.05, 0.1) is 12.8 Å². The van der Waals surface area contributed by atoms with Crippen LogP contribution in [-0.2, 0) is 32.6 Å². The fraction of sp³-hybridized carbons (Fsp3) is 0.500. The number of hydrogen-bond donors (Lipinski definition) is 2. The molecule has 0 aliphatic carbocycles. The molecule has 122 valence electrons. The van der Waals surface area contributed by atoms with Crippen LogP contribution >= 0.6 is 0 Å². The van der Waals surface area contributed by atoms with E-state index in [1.807, 2.05) is 6.92 Å². The van der Waals surface area contributed by atoms with Crippen LogP contribution in [-0.4, -0.2) is 68.5 Å². The Morgan fingerprint density at radius 1 is 0.818 bits per heavy atom. The molecule has 0 rings (SSSR count). The maximum absolute atomic E-state index is 10.1. The predicted molar refractivity (Wildman–Crippen MR) is 73.3 cm³/mol. The lowest BCUT2D eigenvalue weighted by Gasteiger charge is -1.86. The number of carbonyl (C=O) groups excluding carboxylic acids is 4. The largest absolute Gasteiger partial charge is 0.516 e. The van der Waals surface area contributed by atoms with Gasteiger partial charge in [0.25, 0.3) is 0 Å². The third-order valence-electron chi connectivity index (χ3n) is 1.46. The molecule has 0 unspecified atom stereocenters. The van der Waals surface area contributed by atoms with Crippen molar-refractivity contribution < 1.29 is 42.8 Å². The lowest BCUT2D eigenvalue weighted by atomic mass is 10.2. The van der Waals surface area contributed by atoms with Gasteiger partial charge in [-0.15, -0.1) is 0 Å². The van der Waals surface area contributed by atoms with E-state index in [2.05, 4.69) is 20.4 Å². The monoisotopic (exact) mass is 332 g/mol. The highest BCUT2D eigenvalue weighted by Gasteiger charge is 2.13. The Morgan fingerprint density at radius 3 is 1.09 bits per heavy atom. The Labute approximate surface area is 135 Å². The third-order valence-corrected chi connectivity index (χ3v) is 1.80. The standard InChI is InChI=1S/2C5H6O4.C2H5O.Al/c2*1-3(6)2-4(7)5(8)9;1-2-3;/h2*2H2,1H3,(H,8,9);2H2,1H3;/q;;-1;+1. The summed E-state index contributed by atoms with van der Waals surface area (Å²) < 4.78 is 4.46. The molecule has 0 aromatic heterocycles. The fourth-order valence-corrected chi connectivity index (χ4v) is 0.603. The van der Waals surface area contributed by atoms with Gasteiger partial charge in [0, 0.05) is 6.61 Å². The summed E-state index contributed by atoms with van der Waals surface area (Å²) in [7, 11) is 0. The van der Waals surface area contributed by atoms with Crippen LogP contribution in [0.2, 0.25) is 0 Å². The van der Waals surface area contributed by atoms with Crippen LogP contribution < -0.4 is 0 Å². The average molecular weight is 332 g/mol. The molecule has 0 saturated heterocycles. The van der Waals surface area contributed by atoms with Gasteiger partial charge in [-0.25, -0.2) is 9.59 Å². The van der Waals surface area contributed by atoms with E-state index in [1.54, 1.807) is 0 Å². The molecule has 0 saturated carbocycles. The smallest absolute Gasteiger partial charge is 0.372 e. The van der Waals surface area contributed by atoms with Crippen molar-refractivity contribution in [2.75, 3.05) is 6.61 Å². The van der Waals surface area contributed by atoms with E-state index in [4.69, 9.17) is 10.2 Å². The van der Waals surface area contributed by atoms with E-state index in [1.165, 1.54) is 13.8 Å². The Balaban J connectivity index is -0.000000266. The zero-order chi connectivity index (χ0) is 18.3. The molecule has 10 heteroatoms. The lowest BCUT2D eigenvalue weighted by Crippen LogP contribution is -2.15. The van der Waals surface area contributed by atoms with Gasteiger partial charge in [-0.3, -0.25) is 19.2 Å². The quantitative estimate of drug-likeness (QED) is 0.351. The van der Waals surface area contributed by atoms with Gasteiger partial charge in [-0.1, -0.05) is 0 Å². The number of Topliss-reactive ketones (excluding diaryl/α,β-unsaturated/α-hetero) is 4. The van der Waals surface area contributed by atoms with Gasteiger partial charge in [0.15, 0.2) is 0 Å². The van der Waals surface area contributed by atoms with Crippen molar-refractivity contribution in [3.05, 3.63) is 0 Å². The number of carboxylic acid groups (broad SMARTS) is 2. The summed E-state index contributed by atoms with van der Waals surface area (Å²) in [4.78, 5) is 59.9. The van der Waals surface area contributed by atoms with Crippen molar-refractivity contribution in [3.8, 4) is 0 Å². The van der Waals surface area contributed by atoms with Gasteiger partial charge in [-0.05, 0) is 20.8 Å². The molecule has 0 fully saturated rings. The zero-order valence-corrected chi connectivity index (χ0v) is 13.6.